The van der Waals surface area contributed by atoms with Crippen molar-refractivity contribution in [1.29, 1.82) is 0 Å². The van der Waals surface area contributed by atoms with Crippen molar-refractivity contribution in [3.63, 3.8) is 0 Å². The maximum Gasteiger partial charge on any atom is 0.363 e. The molecular formula is C18H12BrNO5. The quantitative estimate of drug-likeness (QED) is 0.613. The Hall–Kier alpha value is -2.93. The number of carbonyl (C=O) groups excluding carboxylic acids is 1. The molecule has 3 rings (SSSR count). The molecule has 0 amide bonds. The number of halogens is 1. The second kappa shape index (κ2) is 7.31. The molecule has 7 heteroatoms. The Morgan fingerprint density at radius 3 is 2.60 bits per heavy atom. The highest BCUT2D eigenvalue weighted by Gasteiger charge is 2.25. The summed E-state index contributed by atoms with van der Waals surface area (Å²) < 4.78 is 11.1. The number of aliphatic carboxylic acids is 1. The van der Waals surface area contributed by atoms with Gasteiger partial charge in [0.25, 0.3) is 0 Å². The van der Waals surface area contributed by atoms with E-state index in [1.54, 1.807) is 36.4 Å². The van der Waals surface area contributed by atoms with Crippen molar-refractivity contribution < 1.29 is 24.2 Å². The first-order chi connectivity index (χ1) is 12.0. The first-order valence-electron chi connectivity index (χ1n) is 7.25. The summed E-state index contributed by atoms with van der Waals surface area (Å²) in [4.78, 5) is 26.7. The molecule has 0 fully saturated rings. The molecule has 0 aromatic heterocycles. The van der Waals surface area contributed by atoms with E-state index in [0.29, 0.717) is 16.9 Å². The predicted molar refractivity (Wildman–Crippen MR) is 94.3 cm³/mol. The van der Waals surface area contributed by atoms with Gasteiger partial charge in [0.2, 0.25) is 5.90 Å². The monoisotopic (exact) mass is 401 g/mol. The lowest BCUT2D eigenvalue weighted by atomic mass is 10.2. The molecule has 1 N–H and O–H groups in total. The Morgan fingerprint density at radius 2 is 1.92 bits per heavy atom. The van der Waals surface area contributed by atoms with Crippen LogP contribution in [0.5, 0.6) is 5.75 Å². The average Bonchev–Trinajstić information content (AvgIpc) is 2.95. The van der Waals surface area contributed by atoms with E-state index in [1.165, 1.54) is 0 Å². The summed E-state index contributed by atoms with van der Waals surface area (Å²) in [5.74, 6) is -0.910. The molecule has 126 valence electrons. The average molecular weight is 402 g/mol. The number of cyclic esters (lactones) is 1. The zero-order chi connectivity index (χ0) is 17.8. The summed E-state index contributed by atoms with van der Waals surface area (Å²) in [6.07, 6.45) is 1.59. The van der Waals surface area contributed by atoms with Crippen LogP contribution >= 0.6 is 15.9 Å². The number of aliphatic imine (C=N–C) groups is 1. The number of esters is 1. The third-order valence-corrected chi connectivity index (χ3v) is 3.96. The van der Waals surface area contributed by atoms with Crippen LogP contribution in [0.25, 0.3) is 6.08 Å². The number of carboxylic acid groups (broad SMARTS) is 1. The lowest BCUT2D eigenvalue weighted by Gasteiger charge is -2.02. The number of carboxylic acids is 1. The Balaban J connectivity index is 1.80. The molecule has 0 atom stereocenters. The molecule has 25 heavy (non-hydrogen) atoms. The van der Waals surface area contributed by atoms with E-state index in [1.807, 2.05) is 18.2 Å². The van der Waals surface area contributed by atoms with E-state index in [0.717, 1.165) is 4.47 Å². The first-order valence-corrected chi connectivity index (χ1v) is 8.04. The van der Waals surface area contributed by atoms with Gasteiger partial charge in [-0.05, 0) is 51.8 Å². The Bertz CT molecular complexity index is 887. The van der Waals surface area contributed by atoms with Crippen molar-refractivity contribution >= 4 is 39.8 Å². The first kappa shape index (κ1) is 16.9. The highest BCUT2D eigenvalue weighted by atomic mass is 79.9. The van der Waals surface area contributed by atoms with Crippen molar-refractivity contribution in [2.45, 2.75) is 0 Å². The van der Waals surface area contributed by atoms with Crippen LogP contribution in [0.4, 0.5) is 0 Å². The van der Waals surface area contributed by atoms with Crippen LogP contribution in [0.1, 0.15) is 11.1 Å². The number of hydrogen-bond acceptors (Lipinski definition) is 5. The molecule has 0 unspecified atom stereocenters. The second-order valence-corrected chi connectivity index (χ2v) is 5.92. The van der Waals surface area contributed by atoms with Crippen LogP contribution in [-0.4, -0.2) is 29.5 Å². The molecular weight excluding hydrogens is 390 g/mol. The largest absolute Gasteiger partial charge is 0.482 e. The van der Waals surface area contributed by atoms with Gasteiger partial charge in [0, 0.05) is 4.47 Å². The summed E-state index contributed by atoms with van der Waals surface area (Å²) in [6, 6.07) is 14.0. The van der Waals surface area contributed by atoms with E-state index in [2.05, 4.69) is 20.9 Å². The number of rotatable bonds is 5. The fourth-order valence-electron chi connectivity index (χ4n) is 2.12. The molecule has 0 saturated carbocycles. The van der Waals surface area contributed by atoms with E-state index in [-0.39, 0.29) is 11.6 Å². The van der Waals surface area contributed by atoms with Crippen LogP contribution < -0.4 is 4.74 Å². The zero-order valence-corrected chi connectivity index (χ0v) is 14.4. The molecule has 1 aliphatic rings. The third kappa shape index (κ3) is 4.13. The van der Waals surface area contributed by atoms with Crippen molar-refractivity contribution in [3.8, 4) is 5.75 Å². The SMILES string of the molecule is O=C(O)COc1ccc(/C=C2\N=C(c3ccccc3Br)OC2=O)cc1. The zero-order valence-electron chi connectivity index (χ0n) is 12.8. The lowest BCUT2D eigenvalue weighted by Crippen LogP contribution is -2.09. The molecule has 2 aromatic carbocycles. The summed E-state index contributed by atoms with van der Waals surface area (Å²) in [7, 11) is 0. The lowest BCUT2D eigenvalue weighted by molar-refractivity contribution is -0.139. The number of nitrogens with zero attached hydrogens (tertiary/aromatic N) is 1. The number of benzene rings is 2. The number of carbonyl (C=O) groups is 2. The minimum atomic E-state index is -1.05. The number of ether oxygens (including phenoxy) is 2. The highest BCUT2D eigenvalue weighted by molar-refractivity contribution is 9.10. The van der Waals surface area contributed by atoms with E-state index >= 15 is 0 Å². The molecule has 0 radical (unpaired) electrons. The number of hydrogen-bond donors (Lipinski definition) is 1. The van der Waals surface area contributed by atoms with Crippen molar-refractivity contribution in [1.82, 2.24) is 0 Å². The van der Waals surface area contributed by atoms with Gasteiger partial charge in [-0.1, -0.05) is 24.3 Å². The van der Waals surface area contributed by atoms with E-state index in [4.69, 9.17) is 14.6 Å². The third-order valence-electron chi connectivity index (χ3n) is 3.27. The van der Waals surface area contributed by atoms with Gasteiger partial charge >= 0.3 is 11.9 Å². The van der Waals surface area contributed by atoms with Crippen LogP contribution in [0, 0.1) is 0 Å². The van der Waals surface area contributed by atoms with Crippen molar-refractivity contribution in [3.05, 3.63) is 69.8 Å². The summed E-state index contributed by atoms with van der Waals surface area (Å²) in [6.45, 7) is -0.410. The Kier molecular flexibility index (Phi) is 4.95. The molecule has 0 aliphatic carbocycles. The molecule has 2 aromatic rings. The summed E-state index contributed by atoms with van der Waals surface area (Å²) in [5.41, 5.74) is 1.59. The molecule has 0 saturated heterocycles. The van der Waals surface area contributed by atoms with Gasteiger partial charge in [-0.15, -0.1) is 0 Å². The maximum absolute atomic E-state index is 12.0. The van der Waals surface area contributed by atoms with Gasteiger partial charge in [0.15, 0.2) is 12.3 Å². The molecule has 1 heterocycles. The standard InChI is InChI=1S/C18H12BrNO5/c19-14-4-2-1-3-13(14)17-20-15(18(23)25-17)9-11-5-7-12(8-6-11)24-10-16(21)22/h1-9H,10H2,(H,21,22)/b15-9-. The van der Waals surface area contributed by atoms with Gasteiger partial charge in [-0.3, -0.25) is 0 Å². The maximum atomic E-state index is 12.0. The van der Waals surface area contributed by atoms with Crippen LogP contribution in [0.2, 0.25) is 0 Å². The smallest absolute Gasteiger partial charge is 0.363 e. The molecule has 6 nitrogen and oxygen atoms in total. The predicted octanol–water partition coefficient (Wildman–Crippen LogP) is 3.26. The molecule has 0 bridgehead atoms. The van der Waals surface area contributed by atoms with Gasteiger partial charge in [0.05, 0.1) is 5.56 Å². The normalized spacial score (nSPS) is 15.0. The van der Waals surface area contributed by atoms with Crippen molar-refractivity contribution in [2.24, 2.45) is 4.99 Å². The second-order valence-electron chi connectivity index (χ2n) is 5.07. The van der Waals surface area contributed by atoms with E-state index < -0.39 is 18.5 Å². The summed E-state index contributed by atoms with van der Waals surface area (Å²) in [5, 5.41) is 8.58. The van der Waals surface area contributed by atoms with E-state index in [9.17, 15) is 9.59 Å². The minimum absolute atomic E-state index is 0.185. The van der Waals surface area contributed by atoms with Crippen LogP contribution in [0.3, 0.4) is 0 Å². The minimum Gasteiger partial charge on any atom is -0.482 e. The highest BCUT2D eigenvalue weighted by Crippen LogP contribution is 2.24. The Morgan fingerprint density at radius 1 is 1.20 bits per heavy atom. The topological polar surface area (TPSA) is 85.2 Å². The summed E-state index contributed by atoms with van der Waals surface area (Å²) >= 11 is 3.40. The van der Waals surface area contributed by atoms with Crippen molar-refractivity contribution in [2.75, 3.05) is 6.61 Å². The fraction of sp³-hybridized carbons (Fsp3) is 0.0556. The molecule has 1 aliphatic heterocycles. The van der Waals surface area contributed by atoms with Gasteiger partial charge < -0.3 is 14.6 Å². The Labute approximate surface area is 151 Å². The molecule has 0 spiro atoms. The van der Waals surface area contributed by atoms with Gasteiger partial charge in [0.1, 0.15) is 5.75 Å². The van der Waals surface area contributed by atoms with Crippen LogP contribution in [0.15, 0.2) is 63.7 Å². The van der Waals surface area contributed by atoms with Crippen LogP contribution in [-0.2, 0) is 14.3 Å². The fourth-order valence-corrected chi connectivity index (χ4v) is 2.58. The van der Waals surface area contributed by atoms with Gasteiger partial charge in [-0.25, -0.2) is 14.6 Å². The van der Waals surface area contributed by atoms with Gasteiger partial charge in [-0.2, -0.15) is 0 Å².